The molecular formula is C11H17F3O3. The molecule has 1 heterocycles. The van der Waals surface area contributed by atoms with Crippen LogP contribution in [-0.4, -0.2) is 29.5 Å². The standard InChI is InChI=1S/C11H17F3O3/c1-4-10(2,3)7-5-6(9(15)16)8(17-7)11(12,13)14/h6-8H,4-5H2,1-3H3,(H,15,16). The largest absolute Gasteiger partial charge is 0.481 e. The number of ether oxygens (including phenoxy) is 1. The third kappa shape index (κ3) is 2.91. The molecule has 1 fully saturated rings. The summed E-state index contributed by atoms with van der Waals surface area (Å²) in [5, 5.41) is 8.82. The van der Waals surface area contributed by atoms with Gasteiger partial charge in [0.25, 0.3) is 0 Å². The Labute approximate surface area is 97.9 Å². The second-order valence-corrected chi connectivity index (χ2v) is 5.11. The van der Waals surface area contributed by atoms with E-state index in [1.54, 1.807) is 13.8 Å². The van der Waals surface area contributed by atoms with E-state index in [0.29, 0.717) is 6.42 Å². The Morgan fingerprint density at radius 1 is 1.41 bits per heavy atom. The lowest BCUT2D eigenvalue weighted by Crippen LogP contribution is -2.38. The molecule has 1 aliphatic rings. The molecule has 3 unspecified atom stereocenters. The van der Waals surface area contributed by atoms with Crippen LogP contribution in [0.2, 0.25) is 0 Å². The minimum Gasteiger partial charge on any atom is -0.481 e. The first kappa shape index (κ1) is 14.3. The van der Waals surface area contributed by atoms with Crippen molar-refractivity contribution in [2.75, 3.05) is 0 Å². The fourth-order valence-electron chi connectivity index (χ4n) is 1.95. The number of halogens is 3. The van der Waals surface area contributed by atoms with Gasteiger partial charge in [0.05, 0.1) is 12.0 Å². The van der Waals surface area contributed by atoms with Crippen molar-refractivity contribution in [3.63, 3.8) is 0 Å². The summed E-state index contributed by atoms with van der Waals surface area (Å²) >= 11 is 0. The van der Waals surface area contributed by atoms with Gasteiger partial charge in [-0.25, -0.2) is 0 Å². The van der Waals surface area contributed by atoms with Gasteiger partial charge in [0.15, 0.2) is 6.10 Å². The lowest BCUT2D eigenvalue weighted by atomic mass is 9.81. The quantitative estimate of drug-likeness (QED) is 0.842. The van der Waals surface area contributed by atoms with Crippen molar-refractivity contribution in [3.05, 3.63) is 0 Å². The molecule has 3 atom stereocenters. The van der Waals surface area contributed by atoms with E-state index in [0.717, 1.165) is 0 Å². The summed E-state index contributed by atoms with van der Waals surface area (Å²) in [5.74, 6) is -2.94. The van der Waals surface area contributed by atoms with Crippen LogP contribution in [0.15, 0.2) is 0 Å². The van der Waals surface area contributed by atoms with E-state index in [4.69, 9.17) is 9.84 Å². The molecule has 0 amide bonds. The molecule has 1 saturated heterocycles. The number of hydrogen-bond acceptors (Lipinski definition) is 2. The number of hydrogen-bond donors (Lipinski definition) is 1. The average Bonchev–Trinajstić information content (AvgIpc) is 2.61. The molecule has 1 rings (SSSR count). The summed E-state index contributed by atoms with van der Waals surface area (Å²) in [6.45, 7) is 5.42. The Balaban J connectivity index is 2.91. The van der Waals surface area contributed by atoms with Gasteiger partial charge in [0.1, 0.15) is 0 Å². The summed E-state index contributed by atoms with van der Waals surface area (Å²) in [6, 6.07) is 0. The zero-order chi connectivity index (χ0) is 13.4. The van der Waals surface area contributed by atoms with Gasteiger partial charge in [-0.05, 0) is 18.3 Å². The molecule has 17 heavy (non-hydrogen) atoms. The number of carbonyl (C=O) groups is 1. The van der Waals surface area contributed by atoms with Gasteiger partial charge in [-0.2, -0.15) is 13.2 Å². The van der Waals surface area contributed by atoms with Crippen LogP contribution >= 0.6 is 0 Å². The van der Waals surface area contributed by atoms with Gasteiger partial charge >= 0.3 is 12.1 Å². The number of rotatable bonds is 3. The van der Waals surface area contributed by atoms with Gasteiger partial charge in [0, 0.05) is 0 Å². The van der Waals surface area contributed by atoms with Gasteiger partial charge in [-0.15, -0.1) is 0 Å². The molecule has 0 saturated carbocycles. The van der Waals surface area contributed by atoms with Crippen LogP contribution in [0.3, 0.4) is 0 Å². The highest BCUT2D eigenvalue weighted by atomic mass is 19.4. The minimum absolute atomic E-state index is 0.0830. The normalized spacial score (nSPS) is 30.6. The molecule has 6 heteroatoms. The molecule has 0 spiro atoms. The maximum atomic E-state index is 12.6. The molecular weight excluding hydrogens is 237 g/mol. The Kier molecular flexibility index (Phi) is 3.76. The summed E-state index contributed by atoms with van der Waals surface area (Å²) in [6.07, 6.45) is -6.92. The summed E-state index contributed by atoms with van der Waals surface area (Å²) in [7, 11) is 0. The minimum atomic E-state index is -4.62. The Morgan fingerprint density at radius 3 is 2.24 bits per heavy atom. The molecule has 1 N–H and O–H groups in total. The maximum Gasteiger partial charge on any atom is 0.415 e. The van der Waals surface area contributed by atoms with Gasteiger partial charge in [-0.3, -0.25) is 4.79 Å². The second kappa shape index (κ2) is 4.48. The molecule has 0 radical (unpaired) electrons. The average molecular weight is 254 g/mol. The molecule has 100 valence electrons. The molecule has 1 aliphatic heterocycles. The number of carboxylic acid groups (broad SMARTS) is 1. The zero-order valence-corrected chi connectivity index (χ0v) is 10.0. The van der Waals surface area contributed by atoms with Crippen molar-refractivity contribution in [1.29, 1.82) is 0 Å². The molecule has 0 aliphatic carbocycles. The molecule has 3 nitrogen and oxygen atoms in total. The number of aliphatic carboxylic acids is 1. The first-order valence-electron chi connectivity index (χ1n) is 5.54. The van der Waals surface area contributed by atoms with E-state index >= 15 is 0 Å². The van der Waals surface area contributed by atoms with E-state index in [9.17, 15) is 18.0 Å². The van der Waals surface area contributed by atoms with Crippen LogP contribution in [0.25, 0.3) is 0 Å². The highest BCUT2D eigenvalue weighted by molar-refractivity contribution is 5.71. The second-order valence-electron chi connectivity index (χ2n) is 5.11. The zero-order valence-electron chi connectivity index (χ0n) is 10.0. The third-order valence-electron chi connectivity index (χ3n) is 3.57. The fourth-order valence-corrected chi connectivity index (χ4v) is 1.95. The summed E-state index contributed by atoms with van der Waals surface area (Å²) in [5.41, 5.74) is -0.451. The van der Waals surface area contributed by atoms with Crippen LogP contribution in [0.4, 0.5) is 13.2 Å². The smallest absolute Gasteiger partial charge is 0.415 e. The van der Waals surface area contributed by atoms with Crippen molar-refractivity contribution < 1.29 is 27.8 Å². The first-order chi connectivity index (χ1) is 7.59. The van der Waals surface area contributed by atoms with Crippen LogP contribution in [0.5, 0.6) is 0 Å². The van der Waals surface area contributed by atoms with E-state index in [1.807, 2.05) is 6.92 Å². The van der Waals surface area contributed by atoms with E-state index < -0.39 is 35.7 Å². The van der Waals surface area contributed by atoms with Crippen molar-refractivity contribution in [1.82, 2.24) is 0 Å². The summed E-state index contributed by atoms with van der Waals surface area (Å²) < 4.78 is 42.9. The topological polar surface area (TPSA) is 46.5 Å². The van der Waals surface area contributed by atoms with Gasteiger partial charge in [-0.1, -0.05) is 20.8 Å². The highest BCUT2D eigenvalue weighted by Gasteiger charge is 2.56. The Morgan fingerprint density at radius 2 is 1.94 bits per heavy atom. The predicted octanol–water partition coefficient (Wildman–Crippen LogP) is 2.84. The van der Waals surface area contributed by atoms with E-state index in [-0.39, 0.29) is 6.42 Å². The van der Waals surface area contributed by atoms with Crippen molar-refractivity contribution >= 4 is 5.97 Å². The molecule has 0 aromatic heterocycles. The highest BCUT2D eigenvalue weighted by Crippen LogP contribution is 2.44. The monoisotopic (exact) mass is 254 g/mol. The fraction of sp³-hybridized carbons (Fsp3) is 0.909. The van der Waals surface area contributed by atoms with Crippen molar-refractivity contribution in [3.8, 4) is 0 Å². The third-order valence-corrected chi connectivity index (χ3v) is 3.57. The molecule has 0 aromatic carbocycles. The van der Waals surface area contributed by atoms with Crippen LogP contribution in [0, 0.1) is 11.3 Å². The van der Waals surface area contributed by atoms with Crippen LogP contribution < -0.4 is 0 Å². The lowest BCUT2D eigenvalue weighted by molar-refractivity contribution is -0.232. The van der Waals surface area contributed by atoms with E-state index in [2.05, 4.69) is 0 Å². The van der Waals surface area contributed by atoms with Crippen LogP contribution in [0.1, 0.15) is 33.6 Å². The van der Waals surface area contributed by atoms with Gasteiger partial charge in [0.2, 0.25) is 0 Å². The van der Waals surface area contributed by atoms with E-state index in [1.165, 1.54) is 0 Å². The SMILES string of the molecule is CCC(C)(C)C1CC(C(=O)O)C(C(F)(F)F)O1. The Hall–Kier alpha value is -0.780. The Bertz CT molecular complexity index is 299. The van der Waals surface area contributed by atoms with Crippen molar-refractivity contribution in [2.45, 2.75) is 52.0 Å². The molecule has 0 aromatic rings. The lowest BCUT2D eigenvalue weighted by Gasteiger charge is -2.30. The number of alkyl halides is 3. The van der Waals surface area contributed by atoms with Gasteiger partial charge < -0.3 is 9.84 Å². The number of carboxylic acids is 1. The predicted molar refractivity (Wildman–Crippen MR) is 54.5 cm³/mol. The van der Waals surface area contributed by atoms with Crippen LogP contribution in [-0.2, 0) is 9.53 Å². The molecule has 0 bridgehead atoms. The first-order valence-corrected chi connectivity index (χ1v) is 5.54. The summed E-state index contributed by atoms with van der Waals surface area (Å²) in [4.78, 5) is 10.8. The van der Waals surface area contributed by atoms with Crippen molar-refractivity contribution in [2.24, 2.45) is 11.3 Å². The maximum absolute atomic E-state index is 12.6.